The first-order valence-electron chi connectivity index (χ1n) is 8.05. The van der Waals surface area contributed by atoms with E-state index in [-0.39, 0.29) is 23.0 Å². The SMILES string of the molecule is O=C(NN1C(=O)CSC1c1ccccc1O)c1cc2cccnc2[nH]c1=O. The minimum absolute atomic E-state index is 0.0265. The number of para-hydroxylation sites is 1. The maximum atomic E-state index is 12.7. The van der Waals surface area contributed by atoms with Crippen molar-refractivity contribution in [3.8, 4) is 5.75 Å². The predicted octanol–water partition coefficient (Wildman–Crippen LogP) is 1.55. The van der Waals surface area contributed by atoms with Crippen LogP contribution in [0.5, 0.6) is 5.75 Å². The van der Waals surface area contributed by atoms with Gasteiger partial charge in [-0.2, -0.15) is 0 Å². The third-order valence-electron chi connectivity index (χ3n) is 4.15. The fraction of sp³-hybridized carbons (Fsp3) is 0.111. The Morgan fingerprint density at radius 1 is 1.26 bits per heavy atom. The van der Waals surface area contributed by atoms with Crippen molar-refractivity contribution in [2.45, 2.75) is 5.37 Å². The van der Waals surface area contributed by atoms with E-state index in [0.717, 1.165) is 5.01 Å². The van der Waals surface area contributed by atoms with Gasteiger partial charge < -0.3 is 10.1 Å². The Balaban J connectivity index is 1.65. The summed E-state index contributed by atoms with van der Waals surface area (Å²) in [5, 5.41) is 11.2. The number of nitrogens with one attached hydrogen (secondary N) is 2. The van der Waals surface area contributed by atoms with E-state index in [1.807, 2.05) is 0 Å². The number of hydrazine groups is 1. The Morgan fingerprint density at radius 2 is 2.07 bits per heavy atom. The minimum Gasteiger partial charge on any atom is -0.508 e. The third kappa shape index (κ3) is 3.13. The number of aromatic nitrogens is 2. The number of hydrogen-bond acceptors (Lipinski definition) is 6. The summed E-state index contributed by atoms with van der Waals surface area (Å²) >= 11 is 1.28. The lowest BCUT2D eigenvalue weighted by Crippen LogP contribution is -2.45. The fourth-order valence-electron chi connectivity index (χ4n) is 2.84. The maximum Gasteiger partial charge on any atom is 0.275 e. The van der Waals surface area contributed by atoms with E-state index in [1.165, 1.54) is 30.1 Å². The number of carbonyl (C=O) groups is 2. The highest BCUT2D eigenvalue weighted by molar-refractivity contribution is 8.00. The molecule has 1 fully saturated rings. The molecule has 8 nitrogen and oxygen atoms in total. The number of phenolic OH excluding ortho intramolecular Hbond substituents is 1. The summed E-state index contributed by atoms with van der Waals surface area (Å²) in [4.78, 5) is 43.7. The van der Waals surface area contributed by atoms with Crippen LogP contribution in [0, 0.1) is 0 Å². The highest BCUT2D eigenvalue weighted by Gasteiger charge is 2.36. The van der Waals surface area contributed by atoms with Gasteiger partial charge in [-0.3, -0.25) is 19.8 Å². The van der Waals surface area contributed by atoms with Crippen molar-refractivity contribution in [3.05, 3.63) is 70.1 Å². The highest BCUT2D eigenvalue weighted by atomic mass is 32.2. The number of H-pyrrole nitrogens is 1. The molecule has 0 spiro atoms. The summed E-state index contributed by atoms with van der Waals surface area (Å²) < 4.78 is 0. The molecule has 9 heteroatoms. The maximum absolute atomic E-state index is 12.7. The van der Waals surface area contributed by atoms with Crippen LogP contribution in [0.25, 0.3) is 11.0 Å². The highest BCUT2D eigenvalue weighted by Crippen LogP contribution is 2.40. The number of rotatable bonds is 3. The molecule has 1 aliphatic heterocycles. The zero-order valence-corrected chi connectivity index (χ0v) is 14.7. The van der Waals surface area contributed by atoms with E-state index in [0.29, 0.717) is 16.6 Å². The molecule has 0 saturated carbocycles. The number of aromatic amines is 1. The van der Waals surface area contributed by atoms with Crippen molar-refractivity contribution in [2.24, 2.45) is 0 Å². The van der Waals surface area contributed by atoms with Gasteiger partial charge in [0, 0.05) is 17.1 Å². The zero-order valence-electron chi connectivity index (χ0n) is 13.9. The number of aromatic hydroxyl groups is 1. The largest absolute Gasteiger partial charge is 0.508 e. The number of benzene rings is 1. The van der Waals surface area contributed by atoms with Crippen LogP contribution in [0.1, 0.15) is 21.3 Å². The standard InChI is InChI=1S/C18H14N4O4S/c23-13-6-2-1-5-11(13)18-22(14(24)9-27-18)21-17(26)12-8-10-4-3-7-19-15(10)20-16(12)25/h1-8,18,23H,9H2,(H,21,26)(H,19,20,25). The molecular weight excluding hydrogens is 368 g/mol. The molecule has 1 aromatic carbocycles. The smallest absolute Gasteiger partial charge is 0.275 e. The van der Waals surface area contributed by atoms with Gasteiger partial charge in [-0.15, -0.1) is 11.8 Å². The Bertz CT molecular complexity index is 1110. The molecule has 0 bridgehead atoms. The molecule has 3 N–H and O–H groups in total. The normalized spacial score (nSPS) is 16.7. The summed E-state index contributed by atoms with van der Waals surface area (Å²) in [6.45, 7) is 0. The van der Waals surface area contributed by atoms with Crippen LogP contribution >= 0.6 is 11.8 Å². The average Bonchev–Trinajstić information content (AvgIpc) is 3.02. The molecule has 1 unspecified atom stereocenters. The number of pyridine rings is 2. The van der Waals surface area contributed by atoms with Crippen molar-refractivity contribution in [2.75, 3.05) is 5.75 Å². The number of nitrogens with zero attached hydrogens (tertiary/aromatic N) is 2. The van der Waals surface area contributed by atoms with E-state index in [2.05, 4.69) is 15.4 Å². The van der Waals surface area contributed by atoms with E-state index in [9.17, 15) is 19.5 Å². The minimum atomic E-state index is -0.710. The summed E-state index contributed by atoms with van der Waals surface area (Å²) in [7, 11) is 0. The molecule has 0 radical (unpaired) electrons. The van der Waals surface area contributed by atoms with Crippen molar-refractivity contribution in [3.63, 3.8) is 0 Å². The Kier molecular flexibility index (Phi) is 4.28. The van der Waals surface area contributed by atoms with E-state index in [4.69, 9.17) is 0 Å². The zero-order chi connectivity index (χ0) is 19.0. The van der Waals surface area contributed by atoms with E-state index in [1.54, 1.807) is 30.3 Å². The van der Waals surface area contributed by atoms with Gasteiger partial charge in [0.25, 0.3) is 17.4 Å². The number of thioether (sulfide) groups is 1. The lowest BCUT2D eigenvalue weighted by Gasteiger charge is -2.24. The van der Waals surface area contributed by atoms with Crippen molar-refractivity contribution in [1.29, 1.82) is 0 Å². The van der Waals surface area contributed by atoms with Crippen LogP contribution < -0.4 is 11.0 Å². The summed E-state index contributed by atoms with van der Waals surface area (Å²) in [5.41, 5.74) is 2.65. The van der Waals surface area contributed by atoms with Gasteiger partial charge in [0.1, 0.15) is 22.3 Å². The molecule has 136 valence electrons. The summed E-state index contributed by atoms with van der Waals surface area (Å²) in [6, 6.07) is 11.4. The molecule has 3 aromatic rings. The van der Waals surface area contributed by atoms with Gasteiger partial charge >= 0.3 is 0 Å². The molecule has 0 aliphatic carbocycles. The van der Waals surface area contributed by atoms with Crippen LogP contribution in [0.3, 0.4) is 0 Å². The van der Waals surface area contributed by atoms with Gasteiger partial charge in [0.2, 0.25) is 0 Å². The first-order valence-corrected chi connectivity index (χ1v) is 9.10. The second-order valence-electron chi connectivity index (χ2n) is 5.88. The second-order valence-corrected chi connectivity index (χ2v) is 6.95. The van der Waals surface area contributed by atoms with E-state index < -0.39 is 16.8 Å². The van der Waals surface area contributed by atoms with Crippen LogP contribution in [0.4, 0.5) is 0 Å². The molecule has 1 saturated heterocycles. The Labute approximate surface area is 157 Å². The van der Waals surface area contributed by atoms with Gasteiger partial charge in [-0.25, -0.2) is 9.99 Å². The van der Waals surface area contributed by atoms with Crippen LogP contribution in [0.2, 0.25) is 0 Å². The molecule has 3 heterocycles. The fourth-order valence-corrected chi connectivity index (χ4v) is 3.98. The first-order chi connectivity index (χ1) is 13.0. The van der Waals surface area contributed by atoms with E-state index >= 15 is 0 Å². The predicted molar refractivity (Wildman–Crippen MR) is 100.0 cm³/mol. The number of hydrogen-bond donors (Lipinski definition) is 3. The van der Waals surface area contributed by atoms with Crippen molar-refractivity contribution < 1.29 is 14.7 Å². The van der Waals surface area contributed by atoms with Gasteiger partial charge in [-0.05, 0) is 24.3 Å². The Hall–Kier alpha value is -3.33. The first kappa shape index (κ1) is 17.1. The quantitative estimate of drug-likeness (QED) is 0.633. The topological polar surface area (TPSA) is 115 Å². The van der Waals surface area contributed by atoms with Crippen LogP contribution in [0.15, 0.2) is 53.5 Å². The third-order valence-corrected chi connectivity index (χ3v) is 5.35. The summed E-state index contributed by atoms with van der Waals surface area (Å²) in [5.74, 6) is -0.852. The van der Waals surface area contributed by atoms with Crippen molar-refractivity contribution in [1.82, 2.24) is 20.4 Å². The molecular formula is C18H14N4O4S. The van der Waals surface area contributed by atoms with Gasteiger partial charge in [0.05, 0.1) is 5.75 Å². The Morgan fingerprint density at radius 3 is 2.89 bits per heavy atom. The molecule has 2 amide bonds. The molecule has 27 heavy (non-hydrogen) atoms. The molecule has 1 atom stereocenters. The number of carbonyl (C=O) groups excluding carboxylic acids is 2. The van der Waals surface area contributed by atoms with Crippen molar-refractivity contribution >= 4 is 34.6 Å². The molecule has 1 aliphatic rings. The number of phenols is 1. The lowest BCUT2D eigenvalue weighted by molar-refractivity contribution is -0.130. The van der Waals surface area contributed by atoms with Gasteiger partial charge in [0.15, 0.2) is 0 Å². The number of amides is 2. The van der Waals surface area contributed by atoms with Crippen LogP contribution in [-0.2, 0) is 4.79 Å². The monoisotopic (exact) mass is 382 g/mol. The molecule has 2 aromatic heterocycles. The second kappa shape index (κ2) is 6.76. The summed E-state index contributed by atoms with van der Waals surface area (Å²) in [6.07, 6.45) is 1.54. The average molecular weight is 382 g/mol. The van der Waals surface area contributed by atoms with Crippen LogP contribution in [-0.4, -0.2) is 37.7 Å². The number of fused-ring (bicyclic) bond motifs is 1. The lowest BCUT2D eigenvalue weighted by atomic mass is 10.2. The van der Waals surface area contributed by atoms with Gasteiger partial charge in [-0.1, -0.05) is 18.2 Å². The molecule has 4 rings (SSSR count).